The normalized spacial score (nSPS) is 21.9. The van der Waals surface area contributed by atoms with Gasteiger partial charge in [0.15, 0.2) is 0 Å². The van der Waals surface area contributed by atoms with Crippen LogP contribution in [0.4, 0.5) is 29.9 Å². The number of alkyl halides is 3. The molecule has 7 nitrogen and oxygen atoms in total. The van der Waals surface area contributed by atoms with E-state index < -0.39 is 17.2 Å². The van der Waals surface area contributed by atoms with E-state index >= 15 is 0 Å². The molecule has 1 aliphatic carbocycles. The molecule has 1 amide bonds. The number of hydrogen-bond donors (Lipinski definition) is 3. The maximum Gasteiger partial charge on any atom is 0.421 e. The molecule has 29 heavy (non-hydrogen) atoms. The molecular weight excluding hydrogens is 405 g/mol. The molecule has 0 aromatic carbocycles. The zero-order valence-corrected chi connectivity index (χ0v) is 16.8. The summed E-state index contributed by atoms with van der Waals surface area (Å²) < 4.78 is 39.5. The van der Waals surface area contributed by atoms with Gasteiger partial charge in [0.1, 0.15) is 21.4 Å². The third kappa shape index (κ3) is 3.75. The van der Waals surface area contributed by atoms with Crippen molar-refractivity contribution in [3.05, 3.63) is 22.5 Å². The lowest BCUT2D eigenvalue weighted by atomic mass is 9.90. The standard InChI is InChI=1S/C18H21F3N6OS/c1-3-22-12-10(18(19,20)21)8-24-16(26-12)27-13-11(9-4-5-9)25-15(29-13)17(2)6-7-23-14(17)28/h8-9H,3-7H2,1-2H3,(H,23,28)(H2,22,24,26,27). The van der Waals surface area contributed by atoms with Crippen molar-refractivity contribution in [1.82, 2.24) is 20.3 Å². The summed E-state index contributed by atoms with van der Waals surface area (Å²) in [5.41, 5.74) is -0.767. The van der Waals surface area contributed by atoms with Crippen molar-refractivity contribution >= 4 is 34.0 Å². The van der Waals surface area contributed by atoms with E-state index in [4.69, 9.17) is 4.98 Å². The molecule has 0 radical (unpaired) electrons. The van der Waals surface area contributed by atoms with Crippen molar-refractivity contribution in [1.29, 1.82) is 0 Å². The number of nitrogens with zero attached hydrogens (tertiary/aromatic N) is 3. The van der Waals surface area contributed by atoms with Crippen LogP contribution in [0.3, 0.4) is 0 Å². The summed E-state index contributed by atoms with van der Waals surface area (Å²) >= 11 is 1.35. The van der Waals surface area contributed by atoms with Crippen molar-refractivity contribution in [2.24, 2.45) is 0 Å². The Morgan fingerprint density at radius 1 is 1.34 bits per heavy atom. The van der Waals surface area contributed by atoms with Crippen molar-refractivity contribution in [3.8, 4) is 0 Å². The average molecular weight is 426 g/mol. The maximum absolute atomic E-state index is 13.2. The molecule has 11 heteroatoms. The Bertz CT molecular complexity index is 942. The van der Waals surface area contributed by atoms with Gasteiger partial charge in [-0.05, 0) is 33.1 Å². The van der Waals surface area contributed by atoms with E-state index in [1.165, 1.54) is 11.3 Å². The number of rotatable bonds is 6. The maximum atomic E-state index is 13.2. The van der Waals surface area contributed by atoms with E-state index in [2.05, 4.69) is 25.9 Å². The molecule has 0 bridgehead atoms. The SMILES string of the molecule is CCNc1nc(Nc2sc(C3(C)CCNC3=O)nc2C2CC2)ncc1C(F)(F)F. The number of amides is 1. The molecule has 1 atom stereocenters. The zero-order valence-electron chi connectivity index (χ0n) is 16.0. The van der Waals surface area contributed by atoms with Crippen molar-refractivity contribution in [2.75, 3.05) is 23.7 Å². The van der Waals surface area contributed by atoms with Crippen LogP contribution in [0.25, 0.3) is 0 Å². The molecule has 1 unspecified atom stereocenters. The zero-order chi connectivity index (χ0) is 20.8. The largest absolute Gasteiger partial charge is 0.421 e. The molecule has 1 saturated heterocycles. The summed E-state index contributed by atoms with van der Waals surface area (Å²) in [5.74, 6) is 0.0306. The Hall–Kier alpha value is -2.43. The van der Waals surface area contributed by atoms with Crippen LogP contribution in [-0.2, 0) is 16.4 Å². The van der Waals surface area contributed by atoms with E-state index in [9.17, 15) is 18.0 Å². The fourth-order valence-corrected chi connectivity index (χ4v) is 4.50. The number of hydrogen-bond acceptors (Lipinski definition) is 7. The van der Waals surface area contributed by atoms with Crippen LogP contribution < -0.4 is 16.0 Å². The minimum atomic E-state index is -4.54. The first-order valence-corrected chi connectivity index (χ1v) is 10.3. The summed E-state index contributed by atoms with van der Waals surface area (Å²) in [6, 6.07) is 0. The molecule has 156 valence electrons. The highest BCUT2D eigenvalue weighted by Crippen LogP contribution is 2.48. The number of anilines is 3. The highest BCUT2D eigenvalue weighted by atomic mass is 32.1. The van der Waals surface area contributed by atoms with Gasteiger partial charge >= 0.3 is 6.18 Å². The Morgan fingerprint density at radius 2 is 2.10 bits per heavy atom. The molecule has 0 spiro atoms. The molecule has 3 heterocycles. The first-order valence-electron chi connectivity index (χ1n) is 9.47. The van der Waals surface area contributed by atoms with Gasteiger partial charge in [-0.3, -0.25) is 4.79 Å². The molecule has 1 aliphatic heterocycles. The van der Waals surface area contributed by atoms with Gasteiger partial charge in [0.2, 0.25) is 11.9 Å². The minimum Gasteiger partial charge on any atom is -0.370 e. The minimum absolute atomic E-state index is 0.0552. The molecule has 2 aromatic heterocycles. The molecular formula is C18H21F3N6OS. The molecule has 1 saturated carbocycles. The first-order chi connectivity index (χ1) is 13.7. The summed E-state index contributed by atoms with van der Waals surface area (Å²) in [5, 5.41) is 9.92. The van der Waals surface area contributed by atoms with Gasteiger partial charge in [-0.25, -0.2) is 9.97 Å². The predicted octanol–water partition coefficient (Wildman–Crippen LogP) is 3.78. The Labute approximate surface area is 169 Å². The summed E-state index contributed by atoms with van der Waals surface area (Å²) in [4.78, 5) is 24.9. The van der Waals surface area contributed by atoms with Gasteiger partial charge < -0.3 is 16.0 Å². The fraction of sp³-hybridized carbons (Fsp3) is 0.556. The monoisotopic (exact) mass is 426 g/mol. The van der Waals surface area contributed by atoms with Crippen molar-refractivity contribution in [3.63, 3.8) is 0 Å². The summed E-state index contributed by atoms with van der Waals surface area (Å²) in [6.45, 7) is 4.46. The Morgan fingerprint density at radius 3 is 2.69 bits per heavy atom. The molecule has 2 fully saturated rings. The number of aromatic nitrogens is 3. The number of thiazole rings is 1. The van der Waals surface area contributed by atoms with Crippen molar-refractivity contribution < 1.29 is 18.0 Å². The molecule has 4 rings (SSSR count). The van der Waals surface area contributed by atoms with Gasteiger partial charge in [0, 0.05) is 25.2 Å². The van der Waals surface area contributed by atoms with Crippen LogP contribution in [-0.4, -0.2) is 33.9 Å². The Balaban J connectivity index is 1.67. The van der Waals surface area contributed by atoms with E-state index in [-0.39, 0.29) is 17.7 Å². The first kappa shape index (κ1) is 19.9. The van der Waals surface area contributed by atoms with Crippen LogP contribution in [0.1, 0.15) is 55.3 Å². The van der Waals surface area contributed by atoms with E-state index in [1.807, 2.05) is 6.92 Å². The summed E-state index contributed by atoms with van der Waals surface area (Å²) in [7, 11) is 0. The topological polar surface area (TPSA) is 91.8 Å². The second kappa shape index (κ2) is 7.12. The lowest BCUT2D eigenvalue weighted by Crippen LogP contribution is -2.32. The van der Waals surface area contributed by atoms with Gasteiger partial charge in [-0.1, -0.05) is 11.3 Å². The fourth-order valence-electron chi connectivity index (χ4n) is 3.28. The smallest absolute Gasteiger partial charge is 0.370 e. The van der Waals surface area contributed by atoms with Gasteiger partial charge in [-0.15, -0.1) is 0 Å². The lowest BCUT2D eigenvalue weighted by Gasteiger charge is -2.16. The average Bonchev–Trinajstić information content (AvgIpc) is 3.32. The quantitative estimate of drug-likeness (QED) is 0.651. The number of carbonyl (C=O) groups excluding carboxylic acids is 1. The number of carbonyl (C=O) groups is 1. The third-order valence-electron chi connectivity index (χ3n) is 5.16. The lowest BCUT2D eigenvalue weighted by molar-refractivity contribution is -0.137. The van der Waals surface area contributed by atoms with E-state index in [0.29, 0.717) is 35.4 Å². The van der Waals surface area contributed by atoms with Crippen LogP contribution in [0.5, 0.6) is 0 Å². The van der Waals surface area contributed by atoms with Crippen molar-refractivity contribution in [2.45, 2.75) is 50.6 Å². The van der Waals surface area contributed by atoms with E-state index in [1.54, 1.807) is 6.92 Å². The predicted molar refractivity (Wildman–Crippen MR) is 104 cm³/mol. The van der Waals surface area contributed by atoms with Crippen LogP contribution in [0, 0.1) is 0 Å². The second-order valence-electron chi connectivity index (χ2n) is 7.45. The second-order valence-corrected chi connectivity index (χ2v) is 8.45. The highest BCUT2D eigenvalue weighted by molar-refractivity contribution is 7.16. The van der Waals surface area contributed by atoms with Gasteiger partial charge in [0.25, 0.3) is 0 Å². The van der Waals surface area contributed by atoms with Crippen LogP contribution in [0.2, 0.25) is 0 Å². The molecule has 2 aromatic rings. The molecule has 3 N–H and O–H groups in total. The van der Waals surface area contributed by atoms with E-state index in [0.717, 1.165) is 24.7 Å². The molecule has 2 aliphatic rings. The van der Waals surface area contributed by atoms with Gasteiger partial charge in [-0.2, -0.15) is 18.2 Å². The number of halogens is 3. The number of nitrogens with one attached hydrogen (secondary N) is 3. The van der Waals surface area contributed by atoms with Gasteiger partial charge in [0.05, 0.1) is 11.1 Å². The summed E-state index contributed by atoms with van der Waals surface area (Å²) in [6.07, 6.45) is -1.12. The third-order valence-corrected chi connectivity index (χ3v) is 6.42. The van der Waals surface area contributed by atoms with Crippen LogP contribution >= 0.6 is 11.3 Å². The van der Waals surface area contributed by atoms with Crippen LogP contribution in [0.15, 0.2) is 6.20 Å². The highest BCUT2D eigenvalue weighted by Gasteiger charge is 2.44. The Kier molecular flexibility index (Phi) is 4.88.